The van der Waals surface area contributed by atoms with Gasteiger partial charge in [0.25, 0.3) is 0 Å². The lowest BCUT2D eigenvalue weighted by atomic mass is 10.4. The molecule has 0 aliphatic heterocycles. The van der Waals surface area contributed by atoms with Gasteiger partial charge in [0.15, 0.2) is 0 Å². The van der Waals surface area contributed by atoms with Gasteiger partial charge in [-0.2, -0.15) is 5.48 Å². The number of amides is 1. The van der Waals surface area contributed by atoms with E-state index in [1.54, 1.807) is 0 Å². The molecule has 4 nitrogen and oxygen atoms in total. The molecule has 9 heavy (non-hydrogen) atoms. The third-order valence-corrected chi connectivity index (χ3v) is 1.12. The lowest BCUT2D eigenvalue weighted by Crippen LogP contribution is -2.18. The summed E-state index contributed by atoms with van der Waals surface area (Å²) in [5, 5.41) is 0. The highest BCUT2D eigenvalue weighted by molar-refractivity contribution is 5.75. The van der Waals surface area contributed by atoms with Crippen molar-refractivity contribution in [3.05, 3.63) is 0 Å². The molecule has 0 aromatic heterocycles. The summed E-state index contributed by atoms with van der Waals surface area (Å²) in [5.41, 5.74) is 1.84. The van der Waals surface area contributed by atoms with Crippen LogP contribution in [0.15, 0.2) is 0 Å². The van der Waals surface area contributed by atoms with Crippen molar-refractivity contribution in [3.63, 3.8) is 0 Å². The summed E-state index contributed by atoms with van der Waals surface area (Å²) >= 11 is 0. The maximum Gasteiger partial charge on any atom is 0.335 e. The highest BCUT2D eigenvalue weighted by Crippen LogP contribution is 2.29. The Kier molecular flexibility index (Phi) is 1.67. The van der Waals surface area contributed by atoms with Gasteiger partial charge >= 0.3 is 5.97 Å². The maximum absolute atomic E-state index is 10.5. The van der Waals surface area contributed by atoms with Gasteiger partial charge in [0.2, 0.25) is 6.41 Å². The second-order valence-electron chi connectivity index (χ2n) is 1.93. The van der Waals surface area contributed by atoms with Crippen LogP contribution in [0.4, 0.5) is 0 Å². The third-order valence-electron chi connectivity index (χ3n) is 1.12. The number of hydroxylamine groups is 1. The zero-order valence-electron chi connectivity index (χ0n) is 4.79. The Morgan fingerprint density at radius 3 is 2.78 bits per heavy atom. The van der Waals surface area contributed by atoms with E-state index in [2.05, 4.69) is 4.84 Å². The van der Waals surface area contributed by atoms with E-state index in [9.17, 15) is 9.59 Å². The molecule has 0 atom stereocenters. The fourth-order valence-corrected chi connectivity index (χ4v) is 0.485. The molecule has 0 spiro atoms. The fourth-order valence-electron chi connectivity index (χ4n) is 0.485. The summed E-state index contributed by atoms with van der Waals surface area (Å²) in [6, 6.07) is 0. The van der Waals surface area contributed by atoms with E-state index in [0.717, 1.165) is 12.8 Å². The third kappa shape index (κ3) is 1.71. The molecule has 0 aromatic carbocycles. The Labute approximate surface area is 52.1 Å². The van der Waals surface area contributed by atoms with Crippen molar-refractivity contribution in [1.29, 1.82) is 0 Å². The molecule has 0 bridgehead atoms. The van der Waals surface area contributed by atoms with Crippen molar-refractivity contribution in [2.75, 3.05) is 0 Å². The molecule has 1 aliphatic carbocycles. The predicted octanol–water partition coefficient (Wildman–Crippen LogP) is -0.399. The Hall–Kier alpha value is -1.06. The molecule has 1 amide bonds. The predicted molar refractivity (Wildman–Crippen MR) is 28.0 cm³/mol. The molecular formula is C5H7NO3. The van der Waals surface area contributed by atoms with Crippen LogP contribution in [0.5, 0.6) is 0 Å². The molecule has 4 heteroatoms. The average Bonchev–Trinajstić information content (AvgIpc) is 2.63. The number of carbonyl (C=O) groups is 2. The largest absolute Gasteiger partial charge is 0.341 e. The number of carbonyl (C=O) groups excluding carboxylic acids is 2. The summed E-state index contributed by atoms with van der Waals surface area (Å²) in [6.07, 6.45) is 2.11. The van der Waals surface area contributed by atoms with Crippen LogP contribution in [0, 0.1) is 5.92 Å². The fraction of sp³-hybridized carbons (Fsp3) is 0.600. The van der Waals surface area contributed by atoms with Crippen LogP contribution in [-0.2, 0) is 14.4 Å². The molecule has 0 aromatic rings. The minimum absolute atomic E-state index is 0.0393. The van der Waals surface area contributed by atoms with Gasteiger partial charge < -0.3 is 4.84 Å². The highest BCUT2D eigenvalue weighted by Gasteiger charge is 2.31. The number of nitrogens with one attached hydrogen (secondary N) is 1. The topological polar surface area (TPSA) is 55.4 Å². The van der Waals surface area contributed by atoms with Crippen LogP contribution >= 0.6 is 0 Å². The zero-order chi connectivity index (χ0) is 6.69. The zero-order valence-corrected chi connectivity index (χ0v) is 4.79. The minimum atomic E-state index is -0.331. The lowest BCUT2D eigenvalue weighted by Gasteiger charge is -1.95. The monoisotopic (exact) mass is 129 g/mol. The Balaban J connectivity index is 2.10. The van der Waals surface area contributed by atoms with Crippen LogP contribution in [-0.4, -0.2) is 12.4 Å². The van der Waals surface area contributed by atoms with Gasteiger partial charge in [0.05, 0.1) is 5.92 Å². The number of rotatable bonds is 3. The molecule has 0 radical (unpaired) electrons. The molecular weight excluding hydrogens is 122 g/mol. The van der Waals surface area contributed by atoms with Crippen molar-refractivity contribution in [2.24, 2.45) is 5.92 Å². The van der Waals surface area contributed by atoms with Crippen molar-refractivity contribution in [1.82, 2.24) is 5.48 Å². The Morgan fingerprint density at radius 2 is 2.33 bits per heavy atom. The first kappa shape index (κ1) is 6.07. The van der Waals surface area contributed by atoms with Gasteiger partial charge in [-0.15, -0.1) is 0 Å². The van der Waals surface area contributed by atoms with Crippen LogP contribution in [0.3, 0.4) is 0 Å². The van der Waals surface area contributed by atoms with Crippen molar-refractivity contribution in [3.8, 4) is 0 Å². The van der Waals surface area contributed by atoms with Crippen LogP contribution in [0.25, 0.3) is 0 Å². The average molecular weight is 129 g/mol. The second kappa shape index (κ2) is 2.48. The molecule has 0 saturated heterocycles. The second-order valence-corrected chi connectivity index (χ2v) is 1.93. The Bertz CT molecular complexity index is 130. The summed E-state index contributed by atoms with van der Waals surface area (Å²) in [6.45, 7) is 0. The van der Waals surface area contributed by atoms with E-state index in [4.69, 9.17) is 0 Å². The van der Waals surface area contributed by atoms with E-state index in [1.807, 2.05) is 5.48 Å². The molecule has 1 N–H and O–H groups in total. The van der Waals surface area contributed by atoms with E-state index in [-0.39, 0.29) is 11.9 Å². The number of hydrogen-bond acceptors (Lipinski definition) is 3. The van der Waals surface area contributed by atoms with Gasteiger partial charge in [0.1, 0.15) is 0 Å². The van der Waals surface area contributed by atoms with Crippen molar-refractivity contribution < 1.29 is 14.4 Å². The van der Waals surface area contributed by atoms with Crippen LogP contribution < -0.4 is 5.48 Å². The normalized spacial score (nSPS) is 16.4. The highest BCUT2D eigenvalue weighted by atomic mass is 16.7. The van der Waals surface area contributed by atoms with Crippen molar-refractivity contribution in [2.45, 2.75) is 12.8 Å². The molecule has 0 heterocycles. The smallest absolute Gasteiger partial charge is 0.335 e. The van der Waals surface area contributed by atoms with E-state index in [1.165, 1.54) is 0 Å². The molecule has 1 fully saturated rings. The van der Waals surface area contributed by atoms with Gasteiger partial charge in [-0.1, -0.05) is 0 Å². The van der Waals surface area contributed by atoms with Crippen LogP contribution in [0.1, 0.15) is 12.8 Å². The van der Waals surface area contributed by atoms with Gasteiger partial charge in [0, 0.05) is 0 Å². The summed E-state index contributed by atoms with van der Waals surface area (Å²) in [5.74, 6) is -0.292. The minimum Gasteiger partial charge on any atom is -0.341 e. The van der Waals surface area contributed by atoms with Gasteiger partial charge in [-0.3, -0.25) is 4.79 Å². The van der Waals surface area contributed by atoms with E-state index < -0.39 is 0 Å². The first-order valence-electron chi connectivity index (χ1n) is 2.74. The molecule has 1 aliphatic rings. The van der Waals surface area contributed by atoms with Gasteiger partial charge in [-0.25, -0.2) is 4.79 Å². The molecule has 50 valence electrons. The van der Waals surface area contributed by atoms with Gasteiger partial charge in [-0.05, 0) is 12.8 Å². The first-order chi connectivity index (χ1) is 4.34. The summed E-state index contributed by atoms with van der Waals surface area (Å²) < 4.78 is 0. The van der Waals surface area contributed by atoms with Crippen LogP contribution in [0.2, 0.25) is 0 Å². The Morgan fingerprint density at radius 1 is 1.67 bits per heavy atom. The van der Waals surface area contributed by atoms with E-state index >= 15 is 0 Å². The SMILES string of the molecule is O=CNOC(=O)C1CC1. The van der Waals surface area contributed by atoms with Crippen molar-refractivity contribution >= 4 is 12.4 Å². The summed E-state index contributed by atoms with van der Waals surface area (Å²) in [7, 11) is 0. The quantitative estimate of drug-likeness (QED) is 0.416. The summed E-state index contributed by atoms with van der Waals surface area (Å²) in [4.78, 5) is 24.3. The lowest BCUT2D eigenvalue weighted by molar-refractivity contribution is -0.155. The molecule has 1 rings (SSSR count). The standard InChI is InChI=1S/C5H7NO3/c7-3-6-9-5(8)4-1-2-4/h3-4H,1-2H2,(H,6,7). The molecule has 1 saturated carbocycles. The van der Waals surface area contributed by atoms with E-state index in [0.29, 0.717) is 6.41 Å². The molecule has 0 unspecified atom stereocenters. The first-order valence-corrected chi connectivity index (χ1v) is 2.74. The number of hydrogen-bond donors (Lipinski definition) is 1. The maximum atomic E-state index is 10.5.